The molecule has 0 saturated heterocycles. The fourth-order valence-corrected chi connectivity index (χ4v) is 1.54. The number of carbonyl (C=O) groups is 1. The number of hydrogen-bond donors (Lipinski definition) is 2. The molecule has 0 aliphatic heterocycles. The molecule has 1 aromatic carbocycles. The van der Waals surface area contributed by atoms with Gasteiger partial charge in [-0.1, -0.05) is 31.4 Å². The third-order valence-corrected chi connectivity index (χ3v) is 2.51. The Balaban J connectivity index is 2.53. The van der Waals surface area contributed by atoms with Crippen molar-refractivity contribution in [2.45, 2.75) is 26.2 Å². The summed E-state index contributed by atoms with van der Waals surface area (Å²) in [7, 11) is 0. The highest BCUT2D eigenvalue weighted by Crippen LogP contribution is 2.21. The normalized spacial score (nSPS) is 10.1. The van der Waals surface area contributed by atoms with E-state index in [4.69, 9.17) is 11.6 Å². The first kappa shape index (κ1) is 12.8. The van der Waals surface area contributed by atoms with Gasteiger partial charge in [0.2, 0.25) is 0 Å². The third-order valence-electron chi connectivity index (χ3n) is 2.27. The van der Waals surface area contributed by atoms with Crippen molar-refractivity contribution in [2.75, 3.05) is 6.54 Å². The quantitative estimate of drug-likeness (QED) is 0.779. The van der Waals surface area contributed by atoms with Crippen molar-refractivity contribution >= 4 is 17.5 Å². The number of aromatic hydroxyl groups is 1. The van der Waals surface area contributed by atoms with Crippen molar-refractivity contribution in [2.24, 2.45) is 0 Å². The maximum Gasteiger partial charge on any atom is 0.255 e. The second-order valence-electron chi connectivity index (χ2n) is 3.62. The second-order valence-corrected chi connectivity index (χ2v) is 4.06. The summed E-state index contributed by atoms with van der Waals surface area (Å²) in [5.41, 5.74) is 0.265. The number of hydrogen-bond acceptors (Lipinski definition) is 2. The van der Waals surface area contributed by atoms with Crippen molar-refractivity contribution in [1.29, 1.82) is 0 Å². The highest BCUT2D eigenvalue weighted by Gasteiger charge is 2.10. The van der Waals surface area contributed by atoms with Crippen LogP contribution in [0.3, 0.4) is 0 Å². The number of unbranched alkanes of at least 4 members (excludes halogenated alkanes) is 2. The van der Waals surface area contributed by atoms with Gasteiger partial charge in [-0.15, -0.1) is 0 Å². The van der Waals surface area contributed by atoms with Crippen LogP contribution in [0.4, 0.5) is 0 Å². The molecular weight excluding hydrogens is 226 g/mol. The first-order chi connectivity index (χ1) is 7.65. The molecule has 0 fully saturated rings. The predicted octanol–water partition coefficient (Wildman–Crippen LogP) is 2.97. The molecule has 2 N–H and O–H groups in total. The van der Waals surface area contributed by atoms with Gasteiger partial charge in [-0.25, -0.2) is 0 Å². The molecule has 0 unspecified atom stereocenters. The summed E-state index contributed by atoms with van der Waals surface area (Å²) in [5, 5.41) is 12.7. The molecule has 88 valence electrons. The molecule has 3 nitrogen and oxygen atoms in total. The standard InChI is InChI=1S/C12H16ClNO2/c1-2-3-4-7-14-12(16)10-6-5-9(13)8-11(10)15/h5-6,8,15H,2-4,7H2,1H3,(H,14,16). The van der Waals surface area contributed by atoms with Gasteiger partial charge < -0.3 is 10.4 Å². The van der Waals surface area contributed by atoms with Gasteiger partial charge in [-0.2, -0.15) is 0 Å². The number of amides is 1. The van der Waals surface area contributed by atoms with Crippen LogP contribution < -0.4 is 5.32 Å². The lowest BCUT2D eigenvalue weighted by molar-refractivity contribution is 0.0950. The topological polar surface area (TPSA) is 49.3 Å². The maximum absolute atomic E-state index is 11.6. The van der Waals surface area contributed by atoms with Gasteiger partial charge in [0.1, 0.15) is 5.75 Å². The molecule has 0 heterocycles. The van der Waals surface area contributed by atoms with Crippen molar-refractivity contribution in [3.63, 3.8) is 0 Å². The molecule has 1 rings (SSSR count). The van der Waals surface area contributed by atoms with E-state index < -0.39 is 0 Å². The maximum atomic E-state index is 11.6. The molecule has 1 aromatic rings. The number of nitrogens with one attached hydrogen (secondary N) is 1. The number of phenols is 1. The van der Waals surface area contributed by atoms with Crippen molar-refractivity contribution < 1.29 is 9.90 Å². The van der Waals surface area contributed by atoms with Gasteiger partial charge in [0.25, 0.3) is 5.91 Å². The summed E-state index contributed by atoms with van der Waals surface area (Å²) in [6.07, 6.45) is 3.16. The summed E-state index contributed by atoms with van der Waals surface area (Å²) in [5.74, 6) is -0.342. The van der Waals surface area contributed by atoms with Crippen LogP contribution in [0.1, 0.15) is 36.5 Å². The van der Waals surface area contributed by atoms with Crippen LogP contribution in [-0.4, -0.2) is 17.6 Å². The van der Waals surface area contributed by atoms with Crippen LogP contribution in [0.5, 0.6) is 5.75 Å². The minimum atomic E-state index is -0.259. The zero-order valence-electron chi connectivity index (χ0n) is 9.29. The molecule has 0 saturated carbocycles. The molecule has 0 atom stereocenters. The predicted molar refractivity (Wildman–Crippen MR) is 65.0 cm³/mol. The molecule has 4 heteroatoms. The summed E-state index contributed by atoms with van der Waals surface area (Å²) in [6, 6.07) is 4.47. The second kappa shape index (κ2) is 6.38. The van der Waals surface area contributed by atoms with E-state index in [0.717, 1.165) is 19.3 Å². The molecule has 0 aromatic heterocycles. The lowest BCUT2D eigenvalue weighted by Crippen LogP contribution is -2.24. The Hall–Kier alpha value is -1.22. The summed E-state index contributed by atoms with van der Waals surface area (Å²) in [6.45, 7) is 2.74. The molecule has 0 radical (unpaired) electrons. The van der Waals surface area contributed by atoms with Crippen LogP contribution in [-0.2, 0) is 0 Å². The molecule has 0 spiro atoms. The van der Waals surface area contributed by atoms with Crippen LogP contribution in [0.15, 0.2) is 18.2 Å². The number of phenolic OH excluding ortho intramolecular Hbond substituents is 1. The Bertz CT molecular complexity index is 366. The Labute approximate surface area is 100 Å². The smallest absolute Gasteiger partial charge is 0.255 e. The Morgan fingerprint density at radius 2 is 2.19 bits per heavy atom. The largest absolute Gasteiger partial charge is 0.507 e. The Morgan fingerprint density at radius 3 is 2.81 bits per heavy atom. The van der Waals surface area contributed by atoms with E-state index in [2.05, 4.69) is 12.2 Å². The third kappa shape index (κ3) is 3.74. The lowest BCUT2D eigenvalue weighted by Gasteiger charge is -2.06. The minimum absolute atomic E-state index is 0.0829. The average Bonchev–Trinajstić information content (AvgIpc) is 2.24. The molecule has 0 bridgehead atoms. The van der Waals surface area contributed by atoms with Gasteiger partial charge >= 0.3 is 0 Å². The number of halogens is 1. The Morgan fingerprint density at radius 1 is 1.44 bits per heavy atom. The van der Waals surface area contributed by atoms with Crippen molar-refractivity contribution in [3.8, 4) is 5.75 Å². The van der Waals surface area contributed by atoms with Gasteiger partial charge in [-0.3, -0.25) is 4.79 Å². The zero-order chi connectivity index (χ0) is 12.0. The van der Waals surface area contributed by atoms with E-state index in [-0.39, 0.29) is 17.2 Å². The summed E-state index contributed by atoms with van der Waals surface area (Å²) < 4.78 is 0. The average molecular weight is 242 g/mol. The Kier molecular flexibility index (Phi) is 5.12. The highest BCUT2D eigenvalue weighted by molar-refractivity contribution is 6.30. The summed E-state index contributed by atoms with van der Waals surface area (Å²) >= 11 is 5.68. The van der Waals surface area contributed by atoms with Gasteiger partial charge in [0, 0.05) is 11.6 Å². The van der Waals surface area contributed by atoms with Gasteiger partial charge in [0.05, 0.1) is 5.56 Å². The van der Waals surface area contributed by atoms with Gasteiger partial charge in [-0.05, 0) is 24.6 Å². The zero-order valence-corrected chi connectivity index (χ0v) is 10.0. The highest BCUT2D eigenvalue weighted by atomic mass is 35.5. The van der Waals surface area contributed by atoms with Gasteiger partial charge in [0.15, 0.2) is 0 Å². The number of carbonyl (C=O) groups excluding carboxylic acids is 1. The van der Waals surface area contributed by atoms with E-state index in [9.17, 15) is 9.90 Å². The van der Waals surface area contributed by atoms with E-state index in [1.165, 1.54) is 12.1 Å². The molecular formula is C12H16ClNO2. The van der Waals surface area contributed by atoms with Crippen LogP contribution >= 0.6 is 11.6 Å². The van der Waals surface area contributed by atoms with Crippen molar-refractivity contribution in [3.05, 3.63) is 28.8 Å². The first-order valence-corrected chi connectivity index (χ1v) is 5.79. The molecule has 0 aliphatic rings. The van der Waals surface area contributed by atoms with Crippen LogP contribution in [0.2, 0.25) is 5.02 Å². The lowest BCUT2D eigenvalue weighted by atomic mass is 10.2. The van der Waals surface area contributed by atoms with Crippen LogP contribution in [0, 0.1) is 0 Å². The molecule has 16 heavy (non-hydrogen) atoms. The minimum Gasteiger partial charge on any atom is -0.507 e. The number of benzene rings is 1. The monoisotopic (exact) mass is 241 g/mol. The van der Waals surface area contributed by atoms with Crippen LogP contribution in [0.25, 0.3) is 0 Å². The first-order valence-electron chi connectivity index (χ1n) is 5.42. The fourth-order valence-electron chi connectivity index (χ4n) is 1.37. The van der Waals surface area contributed by atoms with E-state index in [1.807, 2.05) is 0 Å². The molecule has 1 amide bonds. The molecule has 0 aliphatic carbocycles. The van der Waals surface area contributed by atoms with E-state index >= 15 is 0 Å². The number of rotatable bonds is 5. The SMILES string of the molecule is CCCCCNC(=O)c1ccc(Cl)cc1O. The summed E-state index contributed by atoms with van der Waals surface area (Å²) in [4.78, 5) is 11.6. The fraction of sp³-hybridized carbons (Fsp3) is 0.417. The van der Waals surface area contributed by atoms with E-state index in [1.54, 1.807) is 6.07 Å². The van der Waals surface area contributed by atoms with E-state index in [0.29, 0.717) is 11.6 Å². The van der Waals surface area contributed by atoms with Crippen molar-refractivity contribution in [1.82, 2.24) is 5.32 Å².